The fourth-order valence-electron chi connectivity index (χ4n) is 1.93. The lowest BCUT2D eigenvalue weighted by Crippen LogP contribution is -2.21. The van der Waals surface area contributed by atoms with E-state index >= 15 is 0 Å². The molecule has 0 aliphatic carbocycles. The lowest BCUT2D eigenvalue weighted by Gasteiger charge is -2.19. The van der Waals surface area contributed by atoms with Gasteiger partial charge < -0.3 is 14.8 Å². The molecular formula is C14H23NO2. The quantitative estimate of drug-likeness (QED) is 0.825. The Morgan fingerprint density at radius 1 is 1.24 bits per heavy atom. The van der Waals surface area contributed by atoms with Gasteiger partial charge in [0, 0.05) is 7.11 Å². The van der Waals surface area contributed by atoms with Crippen molar-refractivity contribution in [3.63, 3.8) is 0 Å². The van der Waals surface area contributed by atoms with Gasteiger partial charge in [0.2, 0.25) is 0 Å². The lowest BCUT2D eigenvalue weighted by molar-refractivity contribution is 0.170. The molecule has 1 N–H and O–H groups in total. The Balaban J connectivity index is 3.05. The minimum Gasteiger partial charge on any atom is -0.496 e. The Bertz CT molecular complexity index is 350. The second-order valence-corrected chi connectivity index (χ2v) is 4.45. The molecule has 1 aromatic carbocycles. The maximum atomic E-state index is 5.38. The van der Waals surface area contributed by atoms with Crippen LogP contribution in [0.25, 0.3) is 0 Å². The predicted octanol–water partition coefficient (Wildman–Crippen LogP) is 2.73. The molecule has 0 bridgehead atoms. The van der Waals surface area contributed by atoms with Crippen LogP contribution in [0.4, 0.5) is 0 Å². The van der Waals surface area contributed by atoms with Crippen LogP contribution in [0, 0.1) is 0 Å². The van der Waals surface area contributed by atoms with Crippen LogP contribution in [0.1, 0.15) is 36.9 Å². The van der Waals surface area contributed by atoms with Crippen molar-refractivity contribution >= 4 is 0 Å². The van der Waals surface area contributed by atoms with E-state index in [4.69, 9.17) is 9.47 Å². The van der Waals surface area contributed by atoms with Gasteiger partial charge in [0.05, 0.1) is 19.8 Å². The number of likely N-dealkylation sites (N-methyl/N-ethyl adjacent to an activating group) is 1. The minimum absolute atomic E-state index is 0.225. The van der Waals surface area contributed by atoms with Crippen LogP contribution < -0.4 is 10.1 Å². The second kappa shape index (κ2) is 6.62. The van der Waals surface area contributed by atoms with Gasteiger partial charge in [0.1, 0.15) is 5.75 Å². The maximum absolute atomic E-state index is 5.38. The Morgan fingerprint density at radius 3 is 2.41 bits per heavy atom. The number of ether oxygens (including phenoxy) is 2. The number of hydrogen-bond acceptors (Lipinski definition) is 3. The monoisotopic (exact) mass is 237 g/mol. The van der Waals surface area contributed by atoms with E-state index in [1.54, 1.807) is 14.2 Å². The number of benzene rings is 1. The second-order valence-electron chi connectivity index (χ2n) is 4.45. The summed E-state index contributed by atoms with van der Waals surface area (Å²) in [6, 6.07) is 6.54. The molecule has 0 spiro atoms. The summed E-state index contributed by atoms with van der Waals surface area (Å²) in [5.74, 6) is 1.40. The molecule has 1 rings (SSSR count). The zero-order valence-corrected chi connectivity index (χ0v) is 11.4. The summed E-state index contributed by atoms with van der Waals surface area (Å²) in [5, 5.41) is 3.26. The molecule has 1 unspecified atom stereocenters. The molecule has 0 radical (unpaired) electrons. The van der Waals surface area contributed by atoms with Gasteiger partial charge >= 0.3 is 0 Å². The van der Waals surface area contributed by atoms with Crippen molar-refractivity contribution in [2.45, 2.75) is 25.8 Å². The molecule has 1 aromatic rings. The van der Waals surface area contributed by atoms with E-state index in [2.05, 4.69) is 31.3 Å². The Hall–Kier alpha value is -1.06. The van der Waals surface area contributed by atoms with Crippen LogP contribution in [-0.4, -0.2) is 27.9 Å². The first kappa shape index (κ1) is 14.0. The van der Waals surface area contributed by atoms with E-state index in [0.29, 0.717) is 12.5 Å². The van der Waals surface area contributed by atoms with Gasteiger partial charge in [-0.2, -0.15) is 0 Å². The third-order valence-corrected chi connectivity index (χ3v) is 2.96. The zero-order chi connectivity index (χ0) is 12.8. The van der Waals surface area contributed by atoms with Gasteiger partial charge in [0.25, 0.3) is 0 Å². The highest BCUT2D eigenvalue weighted by atomic mass is 16.5. The third-order valence-electron chi connectivity index (χ3n) is 2.96. The topological polar surface area (TPSA) is 30.5 Å². The molecule has 17 heavy (non-hydrogen) atoms. The fraction of sp³-hybridized carbons (Fsp3) is 0.571. The summed E-state index contributed by atoms with van der Waals surface area (Å²) in [6.07, 6.45) is 0. The zero-order valence-electron chi connectivity index (χ0n) is 11.4. The molecule has 96 valence electrons. The number of methoxy groups -OCH3 is 2. The predicted molar refractivity (Wildman–Crippen MR) is 70.8 cm³/mol. The molecule has 0 aromatic heterocycles. The van der Waals surface area contributed by atoms with Gasteiger partial charge in [-0.25, -0.2) is 0 Å². The molecule has 3 heteroatoms. The summed E-state index contributed by atoms with van der Waals surface area (Å²) >= 11 is 0. The minimum atomic E-state index is 0.225. The van der Waals surface area contributed by atoms with Crippen LogP contribution >= 0.6 is 0 Å². The Morgan fingerprint density at radius 2 is 1.94 bits per heavy atom. The average molecular weight is 237 g/mol. The first-order chi connectivity index (χ1) is 8.13. The average Bonchev–Trinajstić information content (AvgIpc) is 2.35. The van der Waals surface area contributed by atoms with Crippen molar-refractivity contribution < 1.29 is 9.47 Å². The van der Waals surface area contributed by atoms with Crippen molar-refractivity contribution in [3.05, 3.63) is 29.3 Å². The van der Waals surface area contributed by atoms with Crippen molar-refractivity contribution in [1.29, 1.82) is 0 Å². The van der Waals surface area contributed by atoms with Crippen molar-refractivity contribution in [2.24, 2.45) is 0 Å². The Labute approximate surface area is 104 Å². The van der Waals surface area contributed by atoms with E-state index in [0.717, 1.165) is 5.75 Å². The van der Waals surface area contributed by atoms with E-state index in [-0.39, 0.29) is 6.04 Å². The molecule has 0 saturated carbocycles. The van der Waals surface area contributed by atoms with E-state index in [9.17, 15) is 0 Å². The van der Waals surface area contributed by atoms with Gasteiger partial charge in [0.15, 0.2) is 0 Å². The SMILES string of the molecule is CNC(COC)c1ccc(OC)c(C(C)C)c1. The molecule has 0 saturated heterocycles. The normalized spacial score (nSPS) is 12.8. The number of nitrogens with one attached hydrogen (secondary N) is 1. The first-order valence-corrected chi connectivity index (χ1v) is 5.98. The third kappa shape index (κ3) is 3.45. The highest BCUT2D eigenvalue weighted by molar-refractivity contribution is 5.40. The molecule has 0 aliphatic heterocycles. The largest absolute Gasteiger partial charge is 0.496 e. The van der Waals surface area contributed by atoms with Gasteiger partial charge in [-0.1, -0.05) is 26.0 Å². The van der Waals surface area contributed by atoms with Gasteiger partial charge in [-0.05, 0) is 30.2 Å². The summed E-state index contributed by atoms with van der Waals surface area (Å²) in [6.45, 7) is 5.01. The summed E-state index contributed by atoms with van der Waals surface area (Å²) in [7, 11) is 5.38. The van der Waals surface area contributed by atoms with E-state index in [1.807, 2.05) is 13.1 Å². The van der Waals surface area contributed by atoms with Crippen LogP contribution in [0.3, 0.4) is 0 Å². The summed E-state index contributed by atoms with van der Waals surface area (Å²) in [4.78, 5) is 0. The standard InChI is InChI=1S/C14H23NO2/c1-10(2)12-8-11(6-7-14(12)17-5)13(15-3)9-16-4/h6-8,10,13,15H,9H2,1-5H3. The smallest absolute Gasteiger partial charge is 0.122 e. The van der Waals surface area contributed by atoms with Crippen molar-refractivity contribution in [2.75, 3.05) is 27.9 Å². The van der Waals surface area contributed by atoms with Crippen molar-refractivity contribution in [1.82, 2.24) is 5.32 Å². The van der Waals surface area contributed by atoms with Gasteiger partial charge in [-0.15, -0.1) is 0 Å². The van der Waals surface area contributed by atoms with Crippen LogP contribution in [0.15, 0.2) is 18.2 Å². The van der Waals surface area contributed by atoms with Crippen LogP contribution in [0.5, 0.6) is 5.75 Å². The van der Waals surface area contributed by atoms with Crippen LogP contribution in [-0.2, 0) is 4.74 Å². The van der Waals surface area contributed by atoms with Crippen LogP contribution in [0.2, 0.25) is 0 Å². The molecule has 3 nitrogen and oxygen atoms in total. The number of hydrogen-bond donors (Lipinski definition) is 1. The highest BCUT2D eigenvalue weighted by Crippen LogP contribution is 2.29. The van der Waals surface area contributed by atoms with Gasteiger partial charge in [-0.3, -0.25) is 0 Å². The molecule has 1 atom stereocenters. The first-order valence-electron chi connectivity index (χ1n) is 5.98. The Kier molecular flexibility index (Phi) is 5.45. The molecule has 0 aliphatic rings. The highest BCUT2D eigenvalue weighted by Gasteiger charge is 2.13. The molecule has 0 amide bonds. The fourth-order valence-corrected chi connectivity index (χ4v) is 1.93. The molecule has 0 heterocycles. The molecule has 0 fully saturated rings. The number of rotatable bonds is 6. The summed E-state index contributed by atoms with van der Waals surface area (Å²) < 4.78 is 10.6. The van der Waals surface area contributed by atoms with E-state index < -0.39 is 0 Å². The molecular weight excluding hydrogens is 214 g/mol. The lowest BCUT2D eigenvalue weighted by atomic mass is 9.97. The van der Waals surface area contributed by atoms with Crippen molar-refractivity contribution in [3.8, 4) is 5.75 Å². The van der Waals surface area contributed by atoms with E-state index in [1.165, 1.54) is 11.1 Å². The summed E-state index contributed by atoms with van der Waals surface area (Å²) in [5.41, 5.74) is 2.47. The maximum Gasteiger partial charge on any atom is 0.122 e.